The Hall–Kier alpha value is -0.150. The van der Waals surface area contributed by atoms with Gasteiger partial charge in [0.05, 0.1) is 5.60 Å². The molecule has 1 saturated heterocycles. The van der Waals surface area contributed by atoms with E-state index >= 15 is 0 Å². The SMILES string of the molecule is CC(C)(F)CC1(O)CNC1. The Morgan fingerprint density at radius 2 is 2.10 bits per heavy atom. The number of halogens is 1. The van der Waals surface area contributed by atoms with Crippen molar-refractivity contribution in [3.8, 4) is 0 Å². The summed E-state index contributed by atoms with van der Waals surface area (Å²) < 4.78 is 12.9. The minimum absolute atomic E-state index is 0.229. The topological polar surface area (TPSA) is 32.3 Å². The molecule has 1 fully saturated rings. The van der Waals surface area contributed by atoms with Crippen LogP contribution in [0.4, 0.5) is 4.39 Å². The lowest BCUT2D eigenvalue weighted by atomic mass is 9.86. The summed E-state index contributed by atoms with van der Waals surface area (Å²) in [6.45, 7) is 4.04. The molecule has 0 atom stereocenters. The van der Waals surface area contributed by atoms with Gasteiger partial charge in [0.2, 0.25) is 0 Å². The van der Waals surface area contributed by atoms with Gasteiger partial charge in [-0.2, -0.15) is 0 Å². The summed E-state index contributed by atoms with van der Waals surface area (Å²) >= 11 is 0. The van der Waals surface area contributed by atoms with Crippen molar-refractivity contribution in [2.24, 2.45) is 0 Å². The first-order valence-electron chi connectivity index (χ1n) is 3.53. The Bertz CT molecular complexity index is 126. The van der Waals surface area contributed by atoms with Crippen molar-refractivity contribution in [1.29, 1.82) is 0 Å². The van der Waals surface area contributed by atoms with Crippen molar-refractivity contribution in [2.45, 2.75) is 31.5 Å². The van der Waals surface area contributed by atoms with Gasteiger partial charge in [-0.05, 0) is 13.8 Å². The summed E-state index contributed by atoms with van der Waals surface area (Å²) in [6.07, 6.45) is 0.229. The first-order valence-corrected chi connectivity index (χ1v) is 3.53. The average Bonchev–Trinajstić information content (AvgIpc) is 1.57. The summed E-state index contributed by atoms with van der Waals surface area (Å²) in [5, 5.41) is 12.4. The Balaban J connectivity index is 2.37. The van der Waals surface area contributed by atoms with E-state index in [2.05, 4.69) is 5.32 Å². The molecule has 0 unspecified atom stereocenters. The fraction of sp³-hybridized carbons (Fsp3) is 1.00. The Labute approximate surface area is 60.4 Å². The van der Waals surface area contributed by atoms with Gasteiger partial charge in [-0.15, -0.1) is 0 Å². The second kappa shape index (κ2) is 2.17. The molecule has 3 heteroatoms. The predicted molar refractivity (Wildman–Crippen MR) is 37.6 cm³/mol. The van der Waals surface area contributed by atoms with E-state index in [0.29, 0.717) is 13.1 Å². The molecule has 0 aromatic heterocycles. The second-order valence-electron chi connectivity index (χ2n) is 3.72. The molecule has 2 N–H and O–H groups in total. The van der Waals surface area contributed by atoms with Crippen LogP contribution in [0.5, 0.6) is 0 Å². The number of β-amino-alcohol motifs (C(OH)–C–C–N with tert-alkyl or cyclic N) is 1. The van der Waals surface area contributed by atoms with Gasteiger partial charge < -0.3 is 10.4 Å². The second-order valence-corrected chi connectivity index (χ2v) is 3.72. The highest BCUT2D eigenvalue weighted by Crippen LogP contribution is 2.26. The lowest BCUT2D eigenvalue weighted by molar-refractivity contribution is -0.0514. The van der Waals surface area contributed by atoms with Crippen molar-refractivity contribution < 1.29 is 9.50 Å². The van der Waals surface area contributed by atoms with Gasteiger partial charge in [0, 0.05) is 19.5 Å². The van der Waals surface area contributed by atoms with Crippen LogP contribution in [-0.2, 0) is 0 Å². The van der Waals surface area contributed by atoms with Gasteiger partial charge in [0.1, 0.15) is 5.67 Å². The van der Waals surface area contributed by atoms with E-state index in [4.69, 9.17) is 0 Å². The van der Waals surface area contributed by atoms with Gasteiger partial charge in [0.25, 0.3) is 0 Å². The molecule has 1 aliphatic heterocycles. The van der Waals surface area contributed by atoms with Gasteiger partial charge in [-0.25, -0.2) is 4.39 Å². The molecule has 0 aromatic carbocycles. The van der Waals surface area contributed by atoms with E-state index in [1.807, 2.05) is 0 Å². The van der Waals surface area contributed by atoms with Crippen molar-refractivity contribution in [2.75, 3.05) is 13.1 Å². The molecule has 0 aromatic rings. The maximum absolute atomic E-state index is 12.9. The smallest absolute Gasteiger partial charge is 0.108 e. The van der Waals surface area contributed by atoms with Crippen LogP contribution in [-0.4, -0.2) is 29.5 Å². The maximum Gasteiger partial charge on any atom is 0.108 e. The molecular formula is C7H14FNO. The summed E-state index contributed by atoms with van der Waals surface area (Å²) in [6, 6.07) is 0. The molecule has 0 amide bonds. The van der Waals surface area contributed by atoms with Crippen molar-refractivity contribution in [3.05, 3.63) is 0 Å². The highest BCUT2D eigenvalue weighted by Gasteiger charge is 2.39. The number of alkyl halides is 1. The van der Waals surface area contributed by atoms with E-state index < -0.39 is 11.3 Å². The molecule has 0 bridgehead atoms. The van der Waals surface area contributed by atoms with Crippen LogP contribution < -0.4 is 5.32 Å². The number of hydrogen-bond donors (Lipinski definition) is 2. The van der Waals surface area contributed by atoms with Gasteiger partial charge >= 0.3 is 0 Å². The van der Waals surface area contributed by atoms with Crippen LogP contribution in [0, 0.1) is 0 Å². The maximum atomic E-state index is 12.9. The summed E-state index contributed by atoms with van der Waals surface area (Å²) in [5.41, 5.74) is -2.03. The largest absolute Gasteiger partial charge is 0.387 e. The van der Waals surface area contributed by atoms with E-state index in [-0.39, 0.29) is 6.42 Å². The van der Waals surface area contributed by atoms with Crippen LogP contribution >= 0.6 is 0 Å². The monoisotopic (exact) mass is 147 g/mol. The highest BCUT2D eigenvalue weighted by molar-refractivity contribution is 4.96. The zero-order valence-electron chi connectivity index (χ0n) is 6.45. The third-order valence-corrected chi connectivity index (χ3v) is 1.66. The molecule has 60 valence electrons. The minimum atomic E-state index is -1.25. The van der Waals surface area contributed by atoms with Gasteiger partial charge in [-0.1, -0.05) is 0 Å². The number of aliphatic hydroxyl groups is 1. The van der Waals surface area contributed by atoms with E-state index in [0.717, 1.165) is 0 Å². The van der Waals surface area contributed by atoms with E-state index in [1.54, 1.807) is 0 Å². The Morgan fingerprint density at radius 1 is 1.60 bits per heavy atom. The Kier molecular flexibility index (Phi) is 1.73. The standard InChI is InChI=1S/C7H14FNO/c1-6(2,8)3-7(10)4-9-5-7/h9-10H,3-5H2,1-2H3. The minimum Gasteiger partial charge on any atom is -0.387 e. The molecule has 10 heavy (non-hydrogen) atoms. The third-order valence-electron chi connectivity index (χ3n) is 1.66. The average molecular weight is 147 g/mol. The molecular weight excluding hydrogens is 133 g/mol. The molecule has 1 heterocycles. The Morgan fingerprint density at radius 3 is 2.20 bits per heavy atom. The molecule has 1 rings (SSSR count). The number of hydrogen-bond acceptors (Lipinski definition) is 2. The predicted octanol–water partition coefficient (Wildman–Crippen LogP) is 0.459. The first-order chi connectivity index (χ1) is 4.41. The van der Waals surface area contributed by atoms with Gasteiger partial charge in [-0.3, -0.25) is 0 Å². The number of nitrogens with one attached hydrogen (secondary N) is 1. The zero-order chi connectivity index (χ0) is 7.83. The van der Waals surface area contributed by atoms with Crippen LogP contribution in [0.3, 0.4) is 0 Å². The van der Waals surface area contributed by atoms with E-state index in [9.17, 15) is 9.50 Å². The van der Waals surface area contributed by atoms with Crippen LogP contribution in [0.2, 0.25) is 0 Å². The van der Waals surface area contributed by atoms with Crippen molar-refractivity contribution in [1.82, 2.24) is 5.32 Å². The first kappa shape index (κ1) is 7.95. The molecule has 1 aliphatic rings. The fourth-order valence-corrected chi connectivity index (χ4v) is 1.32. The number of rotatable bonds is 2. The third kappa shape index (κ3) is 1.92. The van der Waals surface area contributed by atoms with Crippen LogP contribution in [0.15, 0.2) is 0 Å². The quantitative estimate of drug-likeness (QED) is 0.594. The molecule has 0 radical (unpaired) electrons. The molecule has 0 saturated carbocycles. The fourth-order valence-electron chi connectivity index (χ4n) is 1.32. The van der Waals surface area contributed by atoms with Crippen molar-refractivity contribution >= 4 is 0 Å². The normalized spacial score (nSPS) is 24.0. The van der Waals surface area contributed by atoms with Crippen LogP contribution in [0.25, 0.3) is 0 Å². The lowest BCUT2D eigenvalue weighted by Crippen LogP contribution is -2.61. The molecule has 0 aliphatic carbocycles. The van der Waals surface area contributed by atoms with Crippen LogP contribution in [0.1, 0.15) is 20.3 Å². The summed E-state index contributed by atoms with van der Waals surface area (Å²) in [5.74, 6) is 0. The van der Waals surface area contributed by atoms with Gasteiger partial charge in [0.15, 0.2) is 0 Å². The molecule has 0 spiro atoms. The highest BCUT2D eigenvalue weighted by atomic mass is 19.1. The lowest BCUT2D eigenvalue weighted by Gasteiger charge is -2.40. The van der Waals surface area contributed by atoms with E-state index in [1.165, 1.54) is 13.8 Å². The van der Waals surface area contributed by atoms with Crippen molar-refractivity contribution in [3.63, 3.8) is 0 Å². The zero-order valence-corrected chi connectivity index (χ0v) is 6.45. The molecule has 2 nitrogen and oxygen atoms in total. The summed E-state index contributed by atoms with van der Waals surface area (Å²) in [7, 11) is 0. The summed E-state index contributed by atoms with van der Waals surface area (Å²) in [4.78, 5) is 0.